The number of benzene rings is 2. The summed E-state index contributed by atoms with van der Waals surface area (Å²) in [6.45, 7) is 10.9. The number of hydrogen-bond donors (Lipinski definition) is 1. The van der Waals surface area contributed by atoms with E-state index in [1.54, 1.807) is 13.8 Å². The highest BCUT2D eigenvalue weighted by Crippen LogP contribution is 2.26. The average molecular weight is 394 g/mol. The molecular formula is C24H31N3O2. The van der Waals surface area contributed by atoms with E-state index in [-0.39, 0.29) is 11.8 Å². The van der Waals surface area contributed by atoms with Gasteiger partial charge in [0.05, 0.1) is 0 Å². The summed E-state index contributed by atoms with van der Waals surface area (Å²) in [5.41, 5.74) is 3.73. The van der Waals surface area contributed by atoms with Gasteiger partial charge in [0.2, 0.25) is 11.8 Å². The Morgan fingerprint density at radius 2 is 1.59 bits per heavy atom. The maximum Gasteiger partial charge on any atom is 0.237 e. The first kappa shape index (κ1) is 20.9. The van der Waals surface area contributed by atoms with Gasteiger partial charge < -0.3 is 15.1 Å². The molecule has 5 nitrogen and oxygen atoms in total. The van der Waals surface area contributed by atoms with Gasteiger partial charge in [-0.1, -0.05) is 42.5 Å². The van der Waals surface area contributed by atoms with E-state index in [0.717, 1.165) is 18.7 Å². The third-order valence-corrected chi connectivity index (χ3v) is 5.88. The van der Waals surface area contributed by atoms with Crippen LogP contribution in [0.5, 0.6) is 0 Å². The van der Waals surface area contributed by atoms with Crippen molar-refractivity contribution in [2.75, 3.05) is 31.1 Å². The van der Waals surface area contributed by atoms with Gasteiger partial charge in [-0.15, -0.1) is 0 Å². The van der Waals surface area contributed by atoms with Crippen molar-refractivity contribution in [1.29, 1.82) is 0 Å². The first-order chi connectivity index (χ1) is 13.8. The van der Waals surface area contributed by atoms with E-state index in [2.05, 4.69) is 42.3 Å². The maximum atomic E-state index is 13.1. The molecule has 2 aromatic rings. The van der Waals surface area contributed by atoms with Crippen molar-refractivity contribution in [3.63, 3.8) is 0 Å². The lowest BCUT2D eigenvalue weighted by molar-refractivity contribution is -0.148. The fourth-order valence-corrected chi connectivity index (χ4v) is 3.72. The molecule has 0 spiro atoms. The van der Waals surface area contributed by atoms with E-state index in [0.29, 0.717) is 19.6 Å². The van der Waals surface area contributed by atoms with Crippen molar-refractivity contribution in [3.8, 4) is 0 Å². The molecule has 1 N–H and O–H groups in total. The minimum Gasteiger partial charge on any atom is -0.368 e. The highest BCUT2D eigenvalue weighted by Gasteiger charge is 2.40. The maximum absolute atomic E-state index is 13.1. The van der Waals surface area contributed by atoms with Crippen LogP contribution in [-0.4, -0.2) is 42.9 Å². The van der Waals surface area contributed by atoms with E-state index in [4.69, 9.17) is 0 Å². The highest BCUT2D eigenvalue weighted by atomic mass is 16.2. The zero-order valence-electron chi connectivity index (χ0n) is 17.9. The molecule has 0 bridgehead atoms. The Bertz CT molecular complexity index is 869. The van der Waals surface area contributed by atoms with Gasteiger partial charge >= 0.3 is 0 Å². The molecule has 0 saturated carbocycles. The van der Waals surface area contributed by atoms with Gasteiger partial charge in [-0.2, -0.15) is 0 Å². The van der Waals surface area contributed by atoms with Crippen LogP contribution in [0.1, 0.15) is 30.5 Å². The second-order valence-electron chi connectivity index (χ2n) is 8.29. The van der Waals surface area contributed by atoms with Gasteiger partial charge in [0.15, 0.2) is 0 Å². The Hall–Kier alpha value is -2.82. The normalized spacial score (nSPS) is 14.6. The molecule has 1 saturated heterocycles. The molecule has 0 aromatic heterocycles. The molecule has 2 amide bonds. The summed E-state index contributed by atoms with van der Waals surface area (Å²) in [6, 6.07) is 16.1. The number of aryl methyl sites for hydroxylation is 1. The zero-order chi connectivity index (χ0) is 21.0. The van der Waals surface area contributed by atoms with Crippen LogP contribution in [0.2, 0.25) is 0 Å². The topological polar surface area (TPSA) is 52.7 Å². The van der Waals surface area contributed by atoms with Crippen molar-refractivity contribution in [1.82, 2.24) is 10.2 Å². The lowest BCUT2D eigenvalue weighted by Gasteiger charge is -2.39. The summed E-state index contributed by atoms with van der Waals surface area (Å²) in [7, 11) is 0. The van der Waals surface area contributed by atoms with Crippen molar-refractivity contribution < 1.29 is 9.59 Å². The molecule has 1 heterocycles. The Morgan fingerprint density at radius 1 is 0.931 bits per heavy atom. The minimum atomic E-state index is -1.09. The monoisotopic (exact) mass is 393 g/mol. The molecule has 0 atom stereocenters. The second-order valence-corrected chi connectivity index (χ2v) is 8.29. The lowest BCUT2D eigenvalue weighted by Crippen LogP contribution is -2.55. The molecule has 1 aliphatic heterocycles. The summed E-state index contributed by atoms with van der Waals surface area (Å²) in [4.78, 5) is 30.0. The number of nitrogens with one attached hydrogen (secondary N) is 1. The predicted octanol–water partition coefficient (Wildman–Crippen LogP) is 3.29. The van der Waals surface area contributed by atoms with Crippen LogP contribution in [-0.2, 0) is 16.1 Å². The number of rotatable bonds is 5. The van der Waals surface area contributed by atoms with Gasteiger partial charge in [0.1, 0.15) is 5.41 Å². The number of carbonyl (C=O) groups is 2. The summed E-state index contributed by atoms with van der Waals surface area (Å²) in [5.74, 6) is -0.341. The van der Waals surface area contributed by atoms with Crippen molar-refractivity contribution in [2.24, 2.45) is 5.41 Å². The van der Waals surface area contributed by atoms with Gasteiger partial charge in [-0.3, -0.25) is 9.59 Å². The Kier molecular flexibility index (Phi) is 6.26. The van der Waals surface area contributed by atoms with Crippen LogP contribution in [0.15, 0.2) is 48.5 Å². The molecule has 29 heavy (non-hydrogen) atoms. The number of piperazine rings is 1. The van der Waals surface area contributed by atoms with Gasteiger partial charge in [0.25, 0.3) is 0 Å². The van der Waals surface area contributed by atoms with Gasteiger partial charge in [-0.05, 0) is 50.5 Å². The Labute approximate surface area is 173 Å². The number of anilines is 1. The molecule has 2 aromatic carbocycles. The minimum absolute atomic E-state index is 0.108. The lowest BCUT2D eigenvalue weighted by atomic mass is 9.89. The average Bonchev–Trinajstić information content (AvgIpc) is 2.74. The van der Waals surface area contributed by atoms with E-state index in [9.17, 15) is 9.59 Å². The van der Waals surface area contributed by atoms with Crippen molar-refractivity contribution in [3.05, 3.63) is 65.2 Å². The third-order valence-electron chi connectivity index (χ3n) is 5.88. The number of amides is 2. The summed E-state index contributed by atoms with van der Waals surface area (Å²) < 4.78 is 0. The van der Waals surface area contributed by atoms with E-state index >= 15 is 0 Å². The molecule has 1 aliphatic rings. The van der Waals surface area contributed by atoms with Crippen LogP contribution in [0, 0.1) is 19.3 Å². The molecule has 5 heteroatoms. The van der Waals surface area contributed by atoms with E-state index < -0.39 is 5.41 Å². The molecule has 3 rings (SSSR count). The van der Waals surface area contributed by atoms with E-state index in [1.807, 2.05) is 35.2 Å². The summed E-state index contributed by atoms with van der Waals surface area (Å²) >= 11 is 0. The molecule has 154 valence electrons. The van der Waals surface area contributed by atoms with Crippen LogP contribution >= 0.6 is 0 Å². The number of carbonyl (C=O) groups excluding carboxylic acids is 2. The van der Waals surface area contributed by atoms with Crippen molar-refractivity contribution >= 4 is 17.5 Å². The number of hydrogen-bond acceptors (Lipinski definition) is 3. The fraction of sp³-hybridized carbons (Fsp3) is 0.417. The fourth-order valence-electron chi connectivity index (χ4n) is 3.72. The third kappa shape index (κ3) is 4.61. The SMILES string of the molecule is Cc1cccc(N2CCN(C(=O)C(C)(C)C(=O)NCc3ccccc3)CC2)c1C. The molecular weight excluding hydrogens is 362 g/mol. The van der Waals surface area contributed by atoms with Crippen LogP contribution in [0.4, 0.5) is 5.69 Å². The van der Waals surface area contributed by atoms with E-state index in [1.165, 1.54) is 16.8 Å². The van der Waals surface area contributed by atoms with Gasteiger partial charge in [-0.25, -0.2) is 0 Å². The van der Waals surface area contributed by atoms with Crippen LogP contribution in [0.25, 0.3) is 0 Å². The van der Waals surface area contributed by atoms with Gasteiger partial charge in [0, 0.05) is 38.4 Å². The summed E-state index contributed by atoms with van der Waals surface area (Å²) in [6.07, 6.45) is 0. The number of nitrogens with zero attached hydrogens (tertiary/aromatic N) is 2. The predicted molar refractivity (Wildman–Crippen MR) is 117 cm³/mol. The quantitative estimate of drug-likeness (QED) is 0.793. The standard InChI is InChI=1S/C24H31N3O2/c1-18-9-8-12-21(19(18)2)26-13-15-27(16-14-26)23(29)24(3,4)22(28)25-17-20-10-6-5-7-11-20/h5-12H,13-17H2,1-4H3,(H,25,28). The second kappa shape index (κ2) is 8.68. The Morgan fingerprint density at radius 3 is 2.24 bits per heavy atom. The largest absolute Gasteiger partial charge is 0.368 e. The van der Waals surface area contributed by atoms with Crippen LogP contribution in [0.3, 0.4) is 0 Å². The van der Waals surface area contributed by atoms with Crippen molar-refractivity contribution in [2.45, 2.75) is 34.2 Å². The molecule has 0 aliphatic carbocycles. The first-order valence-electron chi connectivity index (χ1n) is 10.2. The highest BCUT2D eigenvalue weighted by molar-refractivity contribution is 6.04. The molecule has 0 unspecified atom stereocenters. The molecule has 1 fully saturated rings. The molecule has 0 radical (unpaired) electrons. The first-order valence-corrected chi connectivity index (χ1v) is 10.2. The smallest absolute Gasteiger partial charge is 0.237 e. The summed E-state index contributed by atoms with van der Waals surface area (Å²) in [5, 5.41) is 2.91. The zero-order valence-corrected chi connectivity index (χ0v) is 17.9. The van der Waals surface area contributed by atoms with Crippen LogP contribution < -0.4 is 10.2 Å². The Balaban J connectivity index is 1.58.